The summed E-state index contributed by atoms with van der Waals surface area (Å²) >= 11 is 0. The monoisotopic (exact) mass is 221 g/mol. The van der Waals surface area contributed by atoms with Crippen LogP contribution >= 0.6 is 0 Å². The zero-order valence-corrected chi connectivity index (χ0v) is 9.15. The van der Waals surface area contributed by atoms with E-state index in [1.54, 1.807) is 17.1 Å². The molecule has 0 amide bonds. The summed E-state index contributed by atoms with van der Waals surface area (Å²) < 4.78 is 12.6. The van der Waals surface area contributed by atoms with Gasteiger partial charge in [0, 0.05) is 22.6 Å². The maximum absolute atomic E-state index is 11.0. The lowest BCUT2D eigenvalue weighted by Gasteiger charge is -1.94. The highest BCUT2D eigenvalue weighted by atomic mass is 32.2. The fraction of sp³-hybridized carbons (Fsp3) is 0.200. The Hall–Kier alpha value is -1.49. The molecule has 0 radical (unpaired) electrons. The second kappa shape index (κ2) is 4.35. The van der Waals surface area contributed by atoms with E-state index in [0.717, 1.165) is 11.3 Å². The Bertz CT molecular complexity index is 467. The van der Waals surface area contributed by atoms with Crippen LogP contribution in [0.5, 0.6) is 0 Å². The van der Waals surface area contributed by atoms with E-state index in [2.05, 4.69) is 10.3 Å². The van der Waals surface area contributed by atoms with Crippen LogP contribution in [0.3, 0.4) is 0 Å². The summed E-state index contributed by atoms with van der Waals surface area (Å²) in [6, 6.07) is 9.79. The van der Waals surface area contributed by atoms with Gasteiger partial charge in [-0.05, 0) is 0 Å². The third-order valence-electron chi connectivity index (χ3n) is 1.92. The summed E-state index contributed by atoms with van der Waals surface area (Å²) in [6.07, 6.45) is 3.45. The van der Waals surface area contributed by atoms with Crippen molar-refractivity contribution in [3.8, 4) is 11.3 Å². The number of benzene rings is 1. The summed E-state index contributed by atoms with van der Waals surface area (Å²) in [4.78, 5) is 0. The first-order valence-corrected chi connectivity index (χ1v) is 6.24. The Morgan fingerprint density at radius 3 is 2.73 bits per heavy atom. The van der Waals surface area contributed by atoms with E-state index in [1.165, 1.54) is 0 Å². The topological polar surface area (TPSA) is 47.8 Å². The van der Waals surface area contributed by atoms with E-state index in [9.17, 15) is 4.21 Å². The van der Waals surface area contributed by atoms with Gasteiger partial charge in [-0.2, -0.15) is 0 Å². The van der Waals surface area contributed by atoms with Gasteiger partial charge in [-0.1, -0.05) is 35.5 Å². The smallest absolute Gasteiger partial charge is 0.118 e. The molecule has 1 unspecified atom stereocenters. The van der Waals surface area contributed by atoms with Crippen molar-refractivity contribution in [3.05, 3.63) is 36.5 Å². The fourth-order valence-corrected chi connectivity index (χ4v) is 1.79. The van der Waals surface area contributed by atoms with Crippen molar-refractivity contribution in [1.29, 1.82) is 0 Å². The Labute approximate surface area is 90.4 Å². The Balaban J connectivity index is 2.24. The second-order valence-corrected chi connectivity index (χ2v) is 4.62. The predicted octanol–water partition coefficient (Wildman–Crippen LogP) is 1.28. The van der Waals surface area contributed by atoms with Gasteiger partial charge >= 0.3 is 0 Å². The SMILES string of the molecule is CS(=O)Cn1cc(-c2ccccc2)nn1. The lowest BCUT2D eigenvalue weighted by molar-refractivity contribution is 0.650. The van der Waals surface area contributed by atoms with Gasteiger partial charge in [-0.25, -0.2) is 4.68 Å². The molecule has 0 saturated heterocycles. The standard InChI is InChI=1S/C10H11N3OS/c1-15(14)8-13-7-10(11-12-13)9-5-3-2-4-6-9/h2-7H,8H2,1H3. The molecular formula is C10H11N3OS. The summed E-state index contributed by atoms with van der Waals surface area (Å²) in [7, 11) is -0.899. The van der Waals surface area contributed by atoms with Crippen LogP contribution in [0.1, 0.15) is 0 Å². The summed E-state index contributed by atoms with van der Waals surface area (Å²) in [5.74, 6) is 0.389. The van der Waals surface area contributed by atoms with Gasteiger partial charge in [0.2, 0.25) is 0 Å². The van der Waals surface area contributed by atoms with Gasteiger partial charge in [0.1, 0.15) is 11.6 Å². The molecule has 0 aliphatic carbocycles. The Morgan fingerprint density at radius 2 is 2.07 bits per heavy atom. The number of hydrogen-bond donors (Lipinski definition) is 0. The minimum atomic E-state index is -0.899. The zero-order chi connectivity index (χ0) is 10.7. The minimum Gasteiger partial charge on any atom is -0.258 e. The van der Waals surface area contributed by atoms with E-state index >= 15 is 0 Å². The van der Waals surface area contributed by atoms with Crippen LogP contribution in [-0.4, -0.2) is 25.5 Å². The van der Waals surface area contributed by atoms with Crippen molar-refractivity contribution < 1.29 is 4.21 Å². The van der Waals surface area contributed by atoms with Gasteiger partial charge in [-0.15, -0.1) is 5.10 Å². The molecule has 0 aliphatic rings. The molecule has 0 N–H and O–H groups in total. The van der Waals surface area contributed by atoms with Gasteiger partial charge in [0.15, 0.2) is 0 Å². The number of rotatable bonds is 3. The first-order chi connectivity index (χ1) is 7.25. The maximum atomic E-state index is 11.0. The molecule has 2 aromatic rings. The second-order valence-electron chi connectivity index (χ2n) is 3.21. The predicted molar refractivity (Wildman–Crippen MR) is 59.5 cm³/mol. The molecule has 5 heteroatoms. The number of hydrogen-bond acceptors (Lipinski definition) is 3. The number of nitrogens with zero attached hydrogens (tertiary/aromatic N) is 3. The molecule has 1 aromatic heterocycles. The highest BCUT2D eigenvalue weighted by molar-refractivity contribution is 7.83. The molecule has 1 aromatic carbocycles. The van der Waals surface area contributed by atoms with Crippen LogP contribution in [0.25, 0.3) is 11.3 Å². The molecule has 0 fully saturated rings. The van der Waals surface area contributed by atoms with Crippen LogP contribution in [-0.2, 0) is 16.7 Å². The molecule has 4 nitrogen and oxygen atoms in total. The molecule has 0 aliphatic heterocycles. The molecule has 0 saturated carbocycles. The minimum absolute atomic E-state index is 0.389. The van der Waals surface area contributed by atoms with Crippen molar-refractivity contribution in [2.24, 2.45) is 0 Å². The first kappa shape index (κ1) is 10.0. The molecule has 0 bridgehead atoms. The van der Waals surface area contributed by atoms with Crippen LogP contribution in [0.2, 0.25) is 0 Å². The van der Waals surface area contributed by atoms with E-state index in [0.29, 0.717) is 5.88 Å². The normalized spacial score (nSPS) is 12.6. The molecule has 2 rings (SSSR count). The van der Waals surface area contributed by atoms with Gasteiger partial charge in [0.25, 0.3) is 0 Å². The van der Waals surface area contributed by atoms with Crippen molar-refractivity contribution >= 4 is 10.8 Å². The molecule has 0 spiro atoms. The van der Waals surface area contributed by atoms with Crippen LogP contribution < -0.4 is 0 Å². The molecular weight excluding hydrogens is 210 g/mol. The summed E-state index contributed by atoms with van der Waals surface area (Å²) in [5, 5.41) is 7.92. The lowest BCUT2D eigenvalue weighted by atomic mass is 10.2. The van der Waals surface area contributed by atoms with Crippen molar-refractivity contribution in [3.63, 3.8) is 0 Å². The van der Waals surface area contributed by atoms with E-state index in [4.69, 9.17) is 0 Å². The van der Waals surface area contributed by atoms with Crippen LogP contribution in [0.15, 0.2) is 36.5 Å². The third-order valence-corrected chi connectivity index (χ3v) is 2.55. The average molecular weight is 221 g/mol. The van der Waals surface area contributed by atoms with Crippen LogP contribution in [0.4, 0.5) is 0 Å². The zero-order valence-electron chi connectivity index (χ0n) is 8.33. The van der Waals surface area contributed by atoms with E-state index < -0.39 is 10.8 Å². The van der Waals surface area contributed by atoms with Gasteiger partial charge in [0.05, 0.1) is 6.20 Å². The molecule has 1 atom stereocenters. The molecule has 78 valence electrons. The highest BCUT2D eigenvalue weighted by Crippen LogP contribution is 2.14. The Morgan fingerprint density at radius 1 is 1.33 bits per heavy atom. The maximum Gasteiger partial charge on any atom is 0.118 e. The van der Waals surface area contributed by atoms with Gasteiger partial charge in [-0.3, -0.25) is 4.21 Å². The largest absolute Gasteiger partial charge is 0.258 e. The molecule has 1 heterocycles. The van der Waals surface area contributed by atoms with Crippen molar-refractivity contribution in [2.45, 2.75) is 5.88 Å². The quantitative estimate of drug-likeness (QED) is 0.784. The first-order valence-electron chi connectivity index (χ1n) is 4.51. The summed E-state index contributed by atoms with van der Waals surface area (Å²) in [6.45, 7) is 0. The summed E-state index contributed by atoms with van der Waals surface area (Å²) in [5.41, 5.74) is 1.83. The van der Waals surface area contributed by atoms with Crippen molar-refractivity contribution in [2.75, 3.05) is 6.26 Å². The molecule has 15 heavy (non-hydrogen) atoms. The lowest BCUT2D eigenvalue weighted by Crippen LogP contribution is -2.03. The number of aromatic nitrogens is 3. The van der Waals surface area contributed by atoms with Crippen LogP contribution in [0, 0.1) is 0 Å². The van der Waals surface area contributed by atoms with E-state index in [1.807, 2.05) is 30.3 Å². The highest BCUT2D eigenvalue weighted by Gasteiger charge is 2.03. The van der Waals surface area contributed by atoms with Gasteiger partial charge < -0.3 is 0 Å². The third kappa shape index (κ3) is 2.50. The average Bonchev–Trinajstić information content (AvgIpc) is 2.67. The van der Waals surface area contributed by atoms with Crippen molar-refractivity contribution in [1.82, 2.24) is 15.0 Å². The Kier molecular flexibility index (Phi) is 2.91. The fourth-order valence-electron chi connectivity index (χ4n) is 1.29. The van der Waals surface area contributed by atoms with E-state index in [-0.39, 0.29) is 0 Å².